The molecule has 0 heterocycles. The number of rotatable bonds is 8. The highest BCUT2D eigenvalue weighted by Crippen LogP contribution is 2.25. The maximum atomic E-state index is 11.7. The van der Waals surface area contributed by atoms with Gasteiger partial charge in [-0.25, -0.2) is 0 Å². The van der Waals surface area contributed by atoms with E-state index in [4.69, 9.17) is 32.7 Å². The summed E-state index contributed by atoms with van der Waals surface area (Å²) in [5, 5.41) is 1.05. The average Bonchev–Trinajstić information content (AvgIpc) is 2.34. The van der Waals surface area contributed by atoms with Gasteiger partial charge in [-0.15, -0.1) is 0 Å². The van der Waals surface area contributed by atoms with Crippen molar-refractivity contribution in [2.24, 2.45) is 0 Å². The van der Waals surface area contributed by atoms with Gasteiger partial charge in [0.05, 0.1) is 19.8 Å². The fourth-order valence-corrected chi connectivity index (χ4v) is 1.95. The fraction of sp³-hybridized carbons (Fsp3) is 0.462. The van der Waals surface area contributed by atoms with E-state index in [2.05, 4.69) is 0 Å². The predicted octanol–water partition coefficient (Wildman–Crippen LogP) is 3.16. The van der Waals surface area contributed by atoms with Crippen LogP contribution in [0.3, 0.4) is 0 Å². The number of hydrogen-bond donors (Lipinski definition) is 0. The number of carbonyl (C=O) groups is 1. The van der Waals surface area contributed by atoms with Gasteiger partial charge in [0.2, 0.25) is 0 Å². The Morgan fingerprint density at radius 1 is 1.17 bits per heavy atom. The van der Waals surface area contributed by atoms with Crippen LogP contribution in [-0.2, 0) is 20.7 Å². The average molecular weight is 291 g/mol. The molecule has 100 valence electrons. The van der Waals surface area contributed by atoms with Gasteiger partial charge in [-0.3, -0.25) is 4.79 Å². The number of carbonyl (C=O) groups excluding carboxylic acids is 1. The number of ketones is 1. The van der Waals surface area contributed by atoms with E-state index in [9.17, 15) is 4.79 Å². The molecule has 0 unspecified atom stereocenters. The Morgan fingerprint density at radius 2 is 1.83 bits per heavy atom. The van der Waals surface area contributed by atoms with Crippen LogP contribution in [-0.4, -0.2) is 32.7 Å². The second-order valence-electron chi connectivity index (χ2n) is 3.77. The second kappa shape index (κ2) is 8.48. The van der Waals surface area contributed by atoms with Crippen molar-refractivity contribution in [2.45, 2.75) is 12.8 Å². The molecule has 0 aliphatic rings. The van der Waals surface area contributed by atoms with Crippen LogP contribution in [0.5, 0.6) is 0 Å². The molecule has 0 amide bonds. The van der Waals surface area contributed by atoms with E-state index in [1.54, 1.807) is 25.3 Å². The van der Waals surface area contributed by atoms with E-state index < -0.39 is 0 Å². The third-order valence-corrected chi connectivity index (χ3v) is 3.10. The van der Waals surface area contributed by atoms with Gasteiger partial charge >= 0.3 is 0 Å². The maximum absolute atomic E-state index is 11.7. The molecule has 5 heteroatoms. The van der Waals surface area contributed by atoms with E-state index in [0.29, 0.717) is 41.9 Å². The first-order chi connectivity index (χ1) is 8.65. The van der Waals surface area contributed by atoms with Gasteiger partial charge in [0.1, 0.15) is 5.78 Å². The minimum atomic E-state index is 0.0578. The topological polar surface area (TPSA) is 35.5 Å². The lowest BCUT2D eigenvalue weighted by Crippen LogP contribution is -2.10. The van der Waals surface area contributed by atoms with Crippen molar-refractivity contribution in [1.82, 2.24) is 0 Å². The molecule has 0 atom stereocenters. The van der Waals surface area contributed by atoms with Crippen LogP contribution < -0.4 is 0 Å². The summed E-state index contributed by atoms with van der Waals surface area (Å²) >= 11 is 12.0. The lowest BCUT2D eigenvalue weighted by molar-refractivity contribution is -0.119. The Hall–Kier alpha value is -0.610. The maximum Gasteiger partial charge on any atom is 0.139 e. The number of hydrogen-bond acceptors (Lipinski definition) is 3. The molecule has 0 aliphatic heterocycles. The largest absolute Gasteiger partial charge is 0.382 e. The molecule has 0 aliphatic carbocycles. The normalized spacial score (nSPS) is 10.6. The molecule has 0 bridgehead atoms. The lowest BCUT2D eigenvalue weighted by atomic mass is 10.1. The van der Waals surface area contributed by atoms with Gasteiger partial charge in [-0.05, 0) is 17.7 Å². The Morgan fingerprint density at radius 3 is 2.44 bits per heavy atom. The lowest BCUT2D eigenvalue weighted by Gasteiger charge is -2.06. The Balaban J connectivity index is 2.36. The highest BCUT2D eigenvalue weighted by Gasteiger charge is 2.10. The number of methoxy groups -OCH3 is 1. The zero-order chi connectivity index (χ0) is 13.4. The zero-order valence-electron chi connectivity index (χ0n) is 10.2. The van der Waals surface area contributed by atoms with Crippen molar-refractivity contribution in [3.05, 3.63) is 33.8 Å². The van der Waals surface area contributed by atoms with Crippen LogP contribution in [0.4, 0.5) is 0 Å². The van der Waals surface area contributed by atoms with Crippen LogP contribution in [0, 0.1) is 0 Å². The van der Waals surface area contributed by atoms with Crippen molar-refractivity contribution in [1.29, 1.82) is 0 Å². The highest BCUT2D eigenvalue weighted by molar-refractivity contribution is 6.36. The Labute approximate surface area is 117 Å². The highest BCUT2D eigenvalue weighted by atomic mass is 35.5. The first-order valence-corrected chi connectivity index (χ1v) is 6.42. The van der Waals surface area contributed by atoms with E-state index in [-0.39, 0.29) is 12.2 Å². The molecule has 1 aromatic carbocycles. The van der Waals surface area contributed by atoms with Gasteiger partial charge in [-0.1, -0.05) is 29.3 Å². The van der Waals surface area contributed by atoms with Crippen LogP contribution in [0.1, 0.15) is 12.0 Å². The molecule has 1 aromatic rings. The summed E-state index contributed by atoms with van der Waals surface area (Å²) in [5.41, 5.74) is 0.683. The van der Waals surface area contributed by atoms with Gasteiger partial charge in [0.25, 0.3) is 0 Å². The molecular formula is C13H16Cl2O3. The molecule has 0 fully saturated rings. The molecule has 3 nitrogen and oxygen atoms in total. The van der Waals surface area contributed by atoms with E-state index in [1.807, 2.05) is 0 Å². The van der Waals surface area contributed by atoms with Crippen molar-refractivity contribution >= 4 is 29.0 Å². The summed E-state index contributed by atoms with van der Waals surface area (Å²) in [6.07, 6.45) is 0.595. The monoisotopic (exact) mass is 290 g/mol. The summed E-state index contributed by atoms with van der Waals surface area (Å²) in [4.78, 5) is 11.7. The van der Waals surface area contributed by atoms with Crippen molar-refractivity contribution < 1.29 is 14.3 Å². The minimum Gasteiger partial charge on any atom is -0.382 e. The number of halogens is 2. The molecule has 0 aromatic heterocycles. The first kappa shape index (κ1) is 15.4. The molecule has 0 saturated heterocycles. The van der Waals surface area contributed by atoms with Crippen LogP contribution in [0.15, 0.2) is 18.2 Å². The number of ether oxygens (including phenoxy) is 2. The molecule has 18 heavy (non-hydrogen) atoms. The van der Waals surface area contributed by atoms with Gasteiger partial charge in [0, 0.05) is 30.0 Å². The van der Waals surface area contributed by atoms with E-state index >= 15 is 0 Å². The molecule has 0 radical (unpaired) electrons. The molecule has 0 saturated carbocycles. The van der Waals surface area contributed by atoms with Crippen LogP contribution >= 0.6 is 23.2 Å². The van der Waals surface area contributed by atoms with Crippen LogP contribution in [0.25, 0.3) is 0 Å². The molecular weight excluding hydrogens is 275 g/mol. The van der Waals surface area contributed by atoms with Crippen molar-refractivity contribution in [2.75, 3.05) is 26.9 Å². The minimum absolute atomic E-state index is 0.0578. The SMILES string of the molecule is COCCOCCC(=O)Cc1c(Cl)cccc1Cl. The fourth-order valence-electron chi connectivity index (χ4n) is 1.42. The predicted molar refractivity (Wildman–Crippen MR) is 72.5 cm³/mol. The van der Waals surface area contributed by atoms with Gasteiger partial charge in [-0.2, -0.15) is 0 Å². The van der Waals surface area contributed by atoms with Gasteiger partial charge < -0.3 is 9.47 Å². The number of benzene rings is 1. The standard InChI is InChI=1S/C13H16Cl2O3/c1-17-7-8-18-6-5-10(16)9-11-12(14)3-2-4-13(11)15/h2-4H,5-9H2,1H3. The van der Waals surface area contributed by atoms with Crippen molar-refractivity contribution in [3.63, 3.8) is 0 Å². The van der Waals surface area contributed by atoms with Gasteiger partial charge in [0.15, 0.2) is 0 Å². The summed E-state index contributed by atoms with van der Waals surface area (Å²) in [6.45, 7) is 1.42. The van der Waals surface area contributed by atoms with E-state index in [1.165, 1.54) is 0 Å². The quantitative estimate of drug-likeness (QED) is 0.690. The number of Topliss-reactive ketones (excluding diaryl/α,β-unsaturated/α-hetero) is 1. The summed E-state index contributed by atoms with van der Waals surface area (Å²) in [5.74, 6) is 0.0578. The van der Waals surface area contributed by atoms with Crippen molar-refractivity contribution in [3.8, 4) is 0 Å². The van der Waals surface area contributed by atoms with E-state index in [0.717, 1.165) is 0 Å². The zero-order valence-corrected chi connectivity index (χ0v) is 11.8. The Bertz CT molecular complexity index is 374. The summed E-state index contributed by atoms with van der Waals surface area (Å²) < 4.78 is 10.1. The summed E-state index contributed by atoms with van der Waals surface area (Å²) in [7, 11) is 1.61. The van der Waals surface area contributed by atoms with Crippen LogP contribution in [0.2, 0.25) is 10.0 Å². The first-order valence-electron chi connectivity index (χ1n) is 5.66. The summed E-state index contributed by atoms with van der Waals surface area (Å²) in [6, 6.07) is 5.21. The third kappa shape index (κ3) is 5.36. The molecule has 0 N–H and O–H groups in total. The molecule has 0 spiro atoms. The smallest absolute Gasteiger partial charge is 0.139 e. The third-order valence-electron chi connectivity index (χ3n) is 2.39. The Kier molecular flexibility index (Phi) is 7.28. The molecule has 1 rings (SSSR count). The second-order valence-corrected chi connectivity index (χ2v) is 4.59.